The summed E-state index contributed by atoms with van der Waals surface area (Å²) >= 11 is 0. The molecule has 0 saturated carbocycles. The molecule has 3 aromatic carbocycles. The summed E-state index contributed by atoms with van der Waals surface area (Å²) in [7, 11) is 3.17. The Hall–Kier alpha value is -5.18. The molecule has 0 atom stereocenters. The molecule has 0 spiro atoms. The van der Waals surface area contributed by atoms with Gasteiger partial charge in [0.1, 0.15) is 6.29 Å². The number of methoxy groups -OCH3 is 2. The Morgan fingerprint density at radius 1 is 1.00 bits per heavy atom. The SMILES string of the molecule is COc1ccc(Nc2nc(-c3cccc(C(=O)Nc4ccc(C=O)cc4C)c3)cn3ccnc23)cc1OC. The van der Waals surface area contributed by atoms with E-state index in [4.69, 9.17) is 14.5 Å². The highest BCUT2D eigenvalue weighted by Gasteiger charge is 2.14. The number of aromatic nitrogens is 3. The maximum absolute atomic E-state index is 13.0. The van der Waals surface area contributed by atoms with E-state index in [0.29, 0.717) is 45.5 Å². The maximum Gasteiger partial charge on any atom is 0.255 e. The second kappa shape index (κ2) is 10.4. The van der Waals surface area contributed by atoms with Crippen LogP contribution < -0.4 is 20.1 Å². The number of nitrogens with zero attached hydrogens (tertiary/aromatic N) is 3. The lowest BCUT2D eigenvalue weighted by atomic mass is 10.1. The number of hydrogen-bond acceptors (Lipinski definition) is 7. The van der Waals surface area contributed by atoms with Crippen molar-refractivity contribution in [2.24, 2.45) is 0 Å². The lowest BCUT2D eigenvalue weighted by Crippen LogP contribution is -2.13. The van der Waals surface area contributed by atoms with Gasteiger partial charge in [-0.25, -0.2) is 9.97 Å². The molecule has 0 aliphatic rings. The Labute approximate surface area is 219 Å². The minimum Gasteiger partial charge on any atom is -0.493 e. The van der Waals surface area contributed by atoms with E-state index in [9.17, 15) is 9.59 Å². The molecule has 0 aliphatic carbocycles. The van der Waals surface area contributed by atoms with Gasteiger partial charge >= 0.3 is 0 Å². The van der Waals surface area contributed by atoms with Crippen molar-refractivity contribution in [2.45, 2.75) is 6.92 Å². The van der Waals surface area contributed by atoms with Gasteiger partial charge in [0.25, 0.3) is 5.91 Å². The topological polar surface area (TPSA) is 107 Å². The molecule has 9 nitrogen and oxygen atoms in total. The van der Waals surface area contributed by atoms with Crippen LogP contribution in [0.2, 0.25) is 0 Å². The highest BCUT2D eigenvalue weighted by Crippen LogP contribution is 2.32. The van der Waals surface area contributed by atoms with Gasteiger partial charge in [-0.2, -0.15) is 0 Å². The summed E-state index contributed by atoms with van der Waals surface area (Å²) in [6.45, 7) is 1.84. The van der Waals surface area contributed by atoms with Crippen LogP contribution in [0.4, 0.5) is 17.2 Å². The van der Waals surface area contributed by atoms with E-state index in [0.717, 1.165) is 23.1 Å². The van der Waals surface area contributed by atoms with Gasteiger partial charge in [-0.15, -0.1) is 0 Å². The second-order valence-corrected chi connectivity index (χ2v) is 8.55. The number of benzene rings is 3. The molecule has 0 unspecified atom stereocenters. The summed E-state index contributed by atoms with van der Waals surface area (Å²) < 4.78 is 12.6. The van der Waals surface area contributed by atoms with Crippen LogP contribution in [-0.4, -0.2) is 40.8 Å². The molecular weight excluding hydrogens is 482 g/mol. The molecule has 0 radical (unpaired) electrons. The van der Waals surface area contributed by atoms with Crippen molar-refractivity contribution in [3.05, 3.63) is 95.9 Å². The number of carbonyl (C=O) groups is 2. The molecule has 9 heteroatoms. The van der Waals surface area contributed by atoms with Gasteiger partial charge < -0.3 is 24.5 Å². The van der Waals surface area contributed by atoms with Gasteiger partial charge in [-0.3, -0.25) is 9.59 Å². The largest absolute Gasteiger partial charge is 0.493 e. The summed E-state index contributed by atoms with van der Waals surface area (Å²) in [5, 5.41) is 6.24. The van der Waals surface area contributed by atoms with Gasteiger partial charge in [-0.05, 0) is 55.0 Å². The fourth-order valence-corrected chi connectivity index (χ4v) is 4.12. The predicted molar refractivity (Wildman–Crippen MR) is 146 cm³/mol. The maximum atomic E-state index is 13.0. The summed E-state index contributed by atoms with van der Waals surface area (Å²) in [6.07, 6.45) is 6.17. The van der Waals surface area contributed by atoms with Crippen molar-refractivity contribution in [1.29, 1.82) is 0 Å². The summed E-state index contributed by atoms with van der Waals surface area (Å²) in [5.74, 6) is 1.49. The van der Waals surface area contributed by atoms with E-state index in [-0.39, 0.29) is 5.91 Å². The van der Waals surface area contributed by atoms with Crippen LogP contribution in [0.15, 0.2) is 79.3 Å². The molecule has 0 bridgehead atoms. The first-order valence-corrected chi connectivity index (χ1v) is 11.8. The summed E-state index contributed by atoms with van der Waals surface area (Å²) in [6, 6.07) is 17.9. The van der Waals surface area contributed by atoms with Gasteiger partial charge in [0.2, 0.25) is 0 Å². The first-order valence-electron chi connectivity index (χ1n) is 11.8. The fourth-order valence-electron chi connectivity index (χ4n) is 4.12. The van der Waals surface area contributed by atoms with Crippen LogP contribution in [0, 0.1) is 6.92 Å². The summed E-state index contributed by atoms with van der Waals surface area (Å²) in [4.78, 5) is 33.3. The Kier molecular flexibility index (Phi) is 6.73. The van der Waals surface area contributed by atoms with Gasteiger partial charge in [-0.1, -0.05) is 12.1 Å². The number of aldehydes is 1. The second-order valence-electron chi connectivity index (χ2n) is 8.55. The highest BCUT2D eigenvalue weighted by molar-refractivity contribution is 6.05. The van der Waals surface area contributed by atoms with Crippen molar-refractivity contribution in [3.8, 4) is 22.8 Å². The zero-order valence-corrected chi connectivity index (χ0v) is 21.1. The lowest BCUT2D eigenvalue weighted by molar-refractivity contribution is 0.102. The number of fused-ring (bicyclic) bond motifs is 1. The number of aryl methyl sites for hydroxylation is 1. The van der Waals surface area contributed by atoms with Gasteiger partial charge in [0, 0.05) is 52.7 Å². The van der Waals surface area contributed by atoms with E-state index in [2.05, 4.69) is 15.6 Å². The number of amides is 1. The molecule has 1 amide bonds. The van der Waals surface area contributed by atoms with E-state index >= 15 is 0 Å². The fraction of sp³-hybridized carbons (Fsp3) is 0.103. The Morgan fingerprint density at radius 2 is 1.84 bits per heavy atom. The molecular formula is C29H25N5O4. The van der Waals surface area contributed by atoms with Crippen LogP contribution in [0.3, 0.4) is 0 Å². The minimum atomic E-state index is -0.263. The van der Waals surface area contributed by atoms with Crippen molar-refractivity contribution in [1.82, 2.24) is 14.4 Å². The van der Waals surface area contributed by atoms with Crippen LogP contribution in [0.25, 0.3) is 16.9 Å². The standard InChI is InChI=1S/C29H25N5O4/c1-18-13-19(17-35)7-9-23(18)33-29(36)21-6-4-5-20(14-21)24-16-34-12-11-30-28(34)27(32-24)31-22-8-10-25(37-2)26(15-22)38-3/h4-17H,1-3H3,(H,31,32)(H,33,36). The van der Waals surface area contributed by atoms with Crippen molar-refractivity contribution in [3.63, 3.8) is 0 Å². The highest BCUT2D eigenvalue weighted by atomic mass is 16.5. The van der Waals surface area contributed by atoms with Crippen LogP contribution in [0.5, 0.6) is 11.5 Å². The summed E-state index contributed by atoms with van der Waals surface area (Å²) in [5.41, 5.74) is 5.29. The number of carbonyl (C=O) groups excluding carboxylic acids is 2. The van der Waals surface area contributed by atoms with Crippen LogP contribution in [0.1, 0.15) is 26.3 Å². The molecule has 0 aliphatic heterocycles. The number of rotatable bonds is 8. The average Bonchev–Trinajstić information content (AvgIpc) is 3.43. The van der Waals surface area contributed by atoms with E-state index < -0.39 is 0 Å². The normalized spacial score (nSPS) is 10.7. The third-order valence-electron chi connectivity index (χ3n) is 6.08. The molecule has 2 N–H and O–H groups in total. The van der Waals surface area contributed by atoms with E-state index in [1.165, 1.54) is 0 Å². The molecule has 2 heterocycles. The average molecular weight is 508 g/mol. The number of ether oxygens (including phenoxy) is 2. The van der Waals surface area contributed by atoms with Crippen LogP contribution in [-0.2, 0) is 0 Å². The van der Waals surface area contributed by atoms with Crippen LogP contribution >= 0.6 is 0 Å². The molecule has 5 rings (SSSR count). The number of hydrogen-bond donors (Lipinski definition) is 2. The van der Waals surface area contributed by atoms with Gasteiger partial charge in [0.15, 0.2) is 23.0 Å². The number of anilines is 3. The quantitative estimate of drug-likeness (QED) is 0.266. The molecule has 38 heavy (non-hydrogen) atoms. The Bertz CT molecular complexity index is 1660. The van der Waals surface area contributed by atoms with E-state index in [1.54, 1.807) is 50.7 Å². The molecule has 0 fully saturated rings. The lowest BCUT2D eigenvalue weighted by Gasteiger charge is -2.13. The Balaban J connectivity index is 1.46. The van der Waals surface area contributed by atoms with Crippen molar-refractivity contribution in [2.75, 3.05) is 24.9 Å². The molecule has 190 valence electrons. The zero-order valence-electron chi connectivity index (χ0n) is 21.1. The third kappa shape index (κ3) is 4.90. The molecule has 5 aromatic rings. The Morgan fingerprint density at radius 3 is 2.61 bits per heavy atom. The van der Waals surface area contributed by atoms with E-state index in [1.807, 2.05) is 54.0 Å². The zero-order chi connectivity index (χ0) is 26.6. The van der Waals surface area contributed by atoms with Crippen molar-refractivity contribution < 1.29 is 19.1 Å². The monoisotopic (exact) mass is 507 g/mol. The van der Waals surface area contributed by atoms with Crippen molar-refractivity contribution >= 4 is 35.0 Å². The predicted octanol–water partition coefficient (Wildman–Crippen LogP) is 5.53. The third-order valence-corrected chi connectivity index (χ3v) is 6.08. The number of nitrogens with one attached hydrogen (secondary N) is 2. The first kappa shape index (κ1) is 24.5. The smallest absolute Gasteiger partial charge is 0.255 e. The van der Waals surface area contributed by atoms with Gasteiger partial charge in [0.05, 0.1) is 19.9 Å². The first-order chi connectivity index (χ1) is 18.5. The minimum absolute atomic E-state index is 0.263. The molecule has 0 saturated heterocycles. The molecule has 2 aromatic heterocycles. The number of imidazole rings is 1.